The quantitative estimate of drug-likeness (QED) is 0.660. The van der Waals surface area contributed by atoms with Gasteiger partial charge < -0.3 is 9.47 Å². The third-order valence-electron chi connectivity index (χ3n) is 5.52. The van der Waals surface area contributed by atoms with Crippen molar-refractivity contribution in [2.24, 2.45) is 23.2 Å². The highest BCUT2D eigenvalue weighted by Gasteiger charge is 2.65. The van der Waals surface area contributed by atoms with E-state index in [1.54, 1.807) is 0 Å². The molecule has 0 unspecified atom stereocenters. The molecule has 1 heterocycles. The molecule has 3 rings (SSSR count). The van der Waals surface area contributed by atoms with Crippen LogP contribution >= 0.6 is 11.6 Å². The Morgan fingerprint density at radius 3 is 2.62 bits per heavy atom. The molecule has 0 aromatic heterocycles. The topological polar surface area (TPSA) is 18.5 Å². The van der Waals surface area contributed by atoms with Crippen LogP contribution in [-0.4, -0.2) is 24.4 Å². The zero-order valence-corrected chi connectivity index (χ0v) is 11.1. The first kappa shape index (κ1) is 11.3. The van der Waals surface area contributed by atoms with Gasteiger partial charge in [-0.25, -0.2) is 0 Å². The third kappa shape index (κ3) is 1.27. The summed E-state index contributed by atoms with van der Waals surface area (Å²) in [5.74, 6) is 2.28. The standard InChI is InChI=1S/C13H21ClO2/c1-8-11-4-9(12(8,2)3)5-13(11)15-7-10(6-14)16-13/h8-11H,4-7H2,1-3H3/t8-,9-,10+,11-,13+/m1/s1. The summed E-state index contributed by atoms with van der Waals surface area (Å²) in [6, 6.07) is 0. The van der Waals surface area contributed by atoms with Gasteiger partial charge in [0.05, 0.1) is 18.6 Å². The lowest BCUT2D eigenvalue weighted by atomic mass is 9.67. The summed E-state index contributed by atoms with van der Waals surface area (Å²) in [5.41, 5.74) is 0.446. The van der Waals surface area contributed by atoms with Crippen molar-refractivity contribution in [3.8, 4) is 0 Å². The van der Waals surface area contributed by atoms with Crippen molar-refractivity contribution in [2.45, 2.75) is 45.5 Å². The SMILES string of the molecule is C[C@@H]1[C@H]2C[C@H](C[C@@]23OC[C@H](CCl)O3)C1(C)C. The predicted octanol–water partition coefficient (Wildman–Crippen LogP) is 3.04. The highest BCUT2D eigenvalue weighted by atomic mass is 35.5. The number of hydrogen-bond donors (Lipinski definition) is 0. The molecule has 2 bridgehead atoms. The van der Waals surface area contributed by atoms with E-state index in [-0.39, 0.29) is 11.9 Å². The van der Waals surface area contributed by atoms with Gasteiger partial charge >= 0.3 is 0 Å². The van der Waals surface area contributed by atoms with Crippen LogP contribution in [0.5, 0.6) is 0 Å². The molecule has 2 aliphatic carbocycles. The molecule has 1 aliphatic heterocycles. The molecular formula is C13H21ClO2. The first-order valence-corrected chi connectivity index (χ1v) is 6.91. The normalized spacial score (nSPS) is 54.0. The van der Waals surface area contributed by atoms with Gasteiger partial charge in [-0.2, -0.15) is 0 Å². The van der Waals surface area contributed by atoms with Gasteiger partial charge in [-0.3, -0.25) is 0 Å². The molecular weight excluding hydrogens is 224 g/mol. The van der Waals surface area contributed by atoms with Crippen molar-refractivity contribution in [2.75, 3.05) is 12.5 Å². The minimum Gasteiger partial charge on any atom is -0.347 e. The molecule has 3 heteroatoms. The van der Waals surface area contributed by atoms with E-state index < -0.39 is 0 Å². The summed E-state index contributed by atoms with van der Waals surface area (Å²) in [5, 5.41) is 0. The molecule has 16 heavy (non-hydrogen) atoms. The Kier molecular flexibility index (Phi) is 2.38. The fourth-order valence-corrected chi connectivity index (χ4v) is 4.22. The number of fused-ring (bicyclic) bond motifs is 3. The van der Waals surface area contributed by atoms with E-state index in [2.05, 4.69) is 20.8 Å². The van der Waals surface area contributed by atoms with Crippen LogP contribution in [0, 0.1) is 23.2 Å². The van der Waals surface area contributed by atoms with Crippen molar-refractivity contribution in [3.05, 3.63) is 0 Å². The van der Waals surface area contributed by atoms with Gasteiger partial charge in [-0.05, 0) is 23.7 Å². The van der Waals surface area contributed by atoms with Gasteiger partial charge in [0.2, 0.25) is 0 Å². The smallest absolute Gasteiger partial charge is 0.172 e. The lowest BCUT2D eigenvalue weighted by molar-refractivity contribution is -0.221. The van der Waals surface area contributed by atoms with Crippen LogP contribution in [0.25, 0.3) is 0 Å². The van der Waals surface area contributed by atoms with Crippen LogP contribution in [0.3, 0.4) is 0 Å². The largest absolute Gasteiger partial charge is 0.347 e. The Hall–Kier alpha value is 0.210. The second-order valence-electron chi connectivity index (χ2n) is 6.37. The molecule has 92 valence electrons. The van der Waals surface area contributed by atoms with Crippen LogP contribution in [0.1, 0.15) is 33.6 Å². The minimum absolute atomic E-state index is 0.108. The zero-order chi connectivity index (χ0) is 11.6. The van der Waals surface area contributed by atoms with E-state index in [4.69, 9.17) is 21.1 Å². The Morgan fingerprint density at radius 1 is 1.38 bits per heavy atom. The van der Waals surface area contributed by atoms with E-state index in [9.17, 15) is 0 Å². The van der Waals surface area contributed by atoms with Gasteiger partial charge in [-0.15, -0.1) is 11.6 Å². The van der Waals surface area contributed by atoms with Crippen molar-refractivity contribution in [1.29, 1.82) is 0 Å². The maximum atomic E-state index is 6.10. The van der Waals surface area contributed by atoms with E-state index in [1.807, 2.05) is 0 Å². The van der Waals surface area contributed by atoms with E-state index in [0.717, 1.165) is 12.3 Å². The lowest BCUT2D eigenvalue weighted by Gasteiger charge is -2.44. The second kappa shape index (κ2) is 3.37. The second-order valence-corrected chi connectivity index (χ2v) is 6.68. The molecule has 3 aliphatic rings. The summed E-state index contributed by atoms with van der Waals surface area (Å²) in [6.07, 6.45) is 2.45. The third-order valence-corrected chi connectivity index (χ3v) is 5.86. The summed E-state index contributed by atoms with van der Waals surface area (Å²) >= 11 is 5.86. The summed E-state index contributed by atoms with van der Waals surface area (Å²) in [7, 11) is 0. The molecule has 0 aromatic carbocycles. The Labute approximate surface area is 103 Å². The van der Waals surface area contributed by atoms with Crippen molar-refractivity contribution in [1.82, 2.24) is 0 Å². The maximum Gasteiger partial charge on any atom is 0.172 e. The molecule has 2 nitrogen and oxygen atoms in total. The molecule has 0 aromatic rings. The zero-order valence-electron chi connectivity index (χ0n) is 10.3. The maximum absolute atomic E-state index is 6.10. The number of halogens is 1. The molecule has 0 radical (unpaired) electrons. The summed E-state index contributed by atoms with van der Waals surface area (Å²) in [4.78, 5) is 0. The summed E-state index contributed by atoms with van der Waals surface area (Å²) in [6.45, 7) is 7.82. The van der Waals surface area contributed by atoms with Crippen LogP contribution in [0.2, 0.25) is 0 Å². The average molecular weight is 245 g/mol. The van der Waals surface area contributed by atoms with E-state index in [1.165, 1.54) is 6.42 Å². The fraction of sp³-hybridized carbons (Fsp3) is 1.00. The molecule has 2 saturated carbocycles. The van der Waals surface area contributed by atoms with Gasteiger partial charge in [0.1, 0.15) is 0 Å². The van der Waals surface area contributed by atoms with Crippen molar-refractivity contribution in [3.63, 3.8) is 0 Å². The Bertz CT molecular complexity index is 300. The van der Waals surface area contributed by atoms with E-state index >= 15 is 0 Å². The number of rotatable bonds is 1. The molecule has 1 spiro atoms. The van der Waals surface area contributed by atoms with Gasteiger partial charge in [0, 0.05) is 12.3 Å². The van der Waals surface area contributed by atoms with Crippen LogP contribution in [-0.2, 0) is 9.47 Å². The first-order chi connectivity index (χ1) is 7.49. The van der Waals surface area contributed by atoms with Crippen LogP contribution in [0.4, 0.5) is 0 Å². The van der Waals surface area contributed by atoms with Gasteiger partial charge in [-0.1, -0.05) is 20.8 Å². The average Bonchev–Trinajstić information content (AvgIpc) is 2.87. The molecule has 0 amide bonds. The highest BCUT2D eigenvalue weighted by molar-refractivity contribution is 6.18. The summed E-state index contributed by atoms with van der Waals surface area (Å²) < 4.78 is 12.1. The van der Waals surface area contributed by atoms with Crippen molar-refractivity contribution >= 4 is 11.6 Å². The molecule has 0 N–H and O–H groups in total. The molecule has 1 saturated heterocycles. The van der Waals surface area contributed by atoms with Gasteiger partial charge in [0.15, 0.2) is 5.79 Å². The molecule has 3 fully saturated rings. The predicted molar refractivity (Wildman–Crippen MR) is 63.4 cm³/mol. The number of alkyl halides is 1. The monoisotopic (exact) mass is 244 g/mol. The Morgan fingerprint density at radius 2 is 2.12 bits per heavy atom. The van der Waals surface area contributed by atoms with Crippen molar-refractivity contribution < 1.29 is 9.47 Å². The van der Waals surface area contributed by atoms with Crippen LogP contribution < -0.4 is 0 Å². The minimum atomic E-state index is -0.279. The van der Waals surface area contributed by atoms with Crippen LogP contribution in [0.15, 0.2) is 0 Å². The number of ether oxygens (including phenoxy) is 2. The molecule has 5 atom stereocenters. The van der Waals surface area contributed by atoms with Gasteiger partial charge in [0.25, 0.3) is 0 Å². The highest BCUT2D eigenvalue weighted by Crippen LogP contribution is 2.65. The number of hydrogen-bond acceptors (Lipinski definition) is 2. The fourth-order valence-electron chi connectivity index (χ4n) is 4.07. The van der Waals surface area contributed by atoms with E-state index in [0.29, 0.717) is 29.7 Å². The Balaban J connectivity index is 1.83. The lowest BCUT2D eigenvalue weighted by Crippen LogP contribution is -2.46. The first-order valence-electron chi connectivity index (χ1n) is 6.37.